The number of benzene rings is 1. The molecule has 0 unspecified atom stereocenters. The van der Waals surface area contributed by atoms with Crippen molar-refractivity contribution < 1.29 is 19.8 Å². The molecule has 1 aromatic carbocycles. The second-order valence-electron chi connectivity index (χ2n) is 3.51. The smallest absolute Gasteiger partial charge is 0.340 e. The molecule has 0 heterocycles. The van der Waals surface area contributed by atoms with Gasteiger partial charge in [-0.2, -0.15) is 0 Å². The number of ether oxygens (including phenoxy) is 1. The van der Waals surface area contributed by atoms with Crippen LogP contribution in [-0.4, -0.2) is 42.1 Å². The summed E-state index contributed by atoms with van der Waals surface area (Å²) >= 11 is 0. The number of hydroxylamine groups is 2. The standard InChI is InChI=1S/C11H16N2O4/c1-13(16)11(15)12-6-5-8-3-4-10(17-2)9(14)7-8/h3-4,7,14,16H,5-6H2,1-2H3,(H,12,15). The Morgan fingerprint density at radius 1 is 1.53 bits per heavy atom. The lowest BCUT2D eigenvalue weighted by molar-refractivity contribution is -0.0181. The van der Waals surface area contributed by atoms with Crippen molar-refractivity contribution >= 4 is 6.03 Å². The third-order valence-electron chi connectivity index (χ3n) is 2.23. The van der Waals surface area contributed by atoms with E-state index in [1.54, 1.807) is 18.2 Å². The average molecular weight is 240 g/mol. The number of aromatic hydroxyl groups is 1. The van der Waals surface area contributed by atoms with E-state index in [0.29, 0.717) is 23.8 Å². The lowest BCUT2D eigenvalue weighted by atomic mass is 10.1. The number of carbonyl (C=O) groups excluding carboxylic acids is 1. The van der Waals surface area contributed by atoms with Crippen molar-refractivity contribution in [3.8, 4) is 11.5 Å². The summed E-state index contributed by atoms with van der Waals surface area (Å²) in [5.74, 6) is 0.475. The second-order valence-corrected chi connectivity index (χ2v) is 3.51. The fourth-order valence-corrected chi connectivity index (χ4v) is 1.32. The number of phenolic OH excluding ortho intramolecular Hbond substituents is 1. The number of methoxy groups -OCH3 is 1. The Bertz CT molecular complexity index is 393. The Balaban J connectivity index is 2.47. The quantitative estimate of drug-likeness (QED) is 0.541. The van der Waals surface area contributed by atoms with E-state index in [1.807, 2.05) is 0 Å². The van der Waals surface area contributed by atoms with Crippen LogP contribution in [0.2, 0.25) is 0 Å². The van der Waals surface area contributed by atoms with Gasteiger partial charge in [0.2, 0.25) is 0 Å². The molecule has 3 N–H and O–H groups in total. The summed E-state index contributed by atoms with van der Waals surface area (Å²) < 4.78 is 4.91. The number of rotatable bonds is 4. The molecule has 2 amide bonds. The normalized spacial score (nSPS) is 9.82. The fraction of sp³-hybridized carbons (Fsp3) is 0.364. The molecule has 0 spiro atoms. The number of phenols is 1. The van der Waals surface area contributed by atoms with E-state index in [9.17, 15) is 9.90 Å². The zero-order chi connectivity index (χ0) is 12.8. The van der Waals surface area contributed by atoms with Crippen LogP contribution in [0.3, 0.4) is 0 Å². The van der Waals surface area contributed by atoms with E-state index in [-0.39, 0.29) is 5.75 Å². The summed E-state index contributed by atoms with van der Waals surface area (Å²) in [5.41, 5.74) is 0.865. The van der Waals surface area contributed by atoms with Gasteiger partial charge >= 0.3 is 6.03 Å². The van der Waals surface area contributed by atoms with Crippen molar-refractivity contribution in [1.82, 2.24) is 10.4 Å². The molecule has 17 heavy (non-hydrogen) atoms. The van der Waals surface area contributed by atoms with E-state index in [2.05, 4.69) is 5.32 Å². The van der Waals surface area contributed by atoms with Crippen molar-refractivity contribution in [3.05, 3.63) is 23.8 Å². The van der Waals surface area contributed by atoms with Gasteiger partial charge in [-0.1, -0.05) is 6.07 Å². The van der Waals surface area contributed by atoms with Gasteiger partial charge in [-0.15, -0.1) is 0 Å². The number of carbonyl (C=O) groups is 1. The molecule has 0 fully saturated rings. The minimum atomic E-state index is -0.567. The van der Waals surface area contributed by atoms with Crippen LogP contribution in [0.1, 0.15) is 5.56 Å². The molecule has 6 heteroatoms. The number of hydrogen-bond acceptors (Lipinski definition) is 4. The third kappa shape index (κ3) is 3.84. The third-order valence-corrected chi connectivity index (χ3v) is 2.23. The minimum absolute atomic E-state index is 0.0654. The highest BCUT2D eigenvalue weighted by molar-refractivity contribution is 5.72. The van der Waals surface area contributed by atoms with Crippen LogP contribution in [0.4, 0.5) is 4.79 Å². The Labute approximate surface area is 99.4 Å². The van der Waals surface area contributed by atoms with E-state index >= 15 is 0 Å². The van der Waals surface area contributed by atoms with Crippen LogP contribution in [0.25, 0.3) is 0 Å². The molecule has 0 saturated heterocycles. The van der Waals surface area contributed by atoms with Gasteiger partial charge in [-0.25, -0.2) is 9.86 Å². The zero-order valence-electron chi connectivity index (χ0n) is 9.80. The molecule has 0 bridgehead atoms. The van der Waals surface area contributed by atoms with Gasteiger partial charge in [0.25, 0.3) is 0 Å². The molecule has 0 aromatic heterocycles. The summed E-state index contributed by atoms with van der Waals surface area (Å²) in [7, 11) is 2.72. The second kappa shape index (κ2) is 5.95. The van der Waals surface area contributed by atoms with Crippen LogP contribution >= 0.6 is 0 Å². The molecule has 94 valence electrons. The maximum Gasteiger partial charge on any atom is 0.340 e. The van der Waals surface area contributed by atoms with Gasteiger partial charge in [-0.05, 0) is 24.1 Å². The lowest BCUT2D eigenvalue weighted by Gasteiger charge is -2.10. The van der Waals surface area contributed by atoms with Gasteiger partial charge in [0.1, 0.15) is 0 Å². The Morgan fingerprint density at radius 3 is 2.76 bits per heavy atom. The molecule has 0 radical (unpaired) electrons. The summed E-state index contributed by atoms with van der Waals surface area (Å²) in [6.45, 7) is 0.371. The van der Waals surface area contributed by atoms with Crippen LogP contribution in [-0.2, 0) is 6.42 Å². The predicted molar refractivity (Wildman–Crippen MR) is 61.3 cm³/mol. The van der Waals surface area contributed by atoms with Gasteiger partial charge < -0.3 is 15.2 Å². The molecule has 1 rings (SSSR count). The minimum Gasteiger partial charge on any atom is -0.504 e. The first-order chi connectivity index (χ1) is 8.04. The Kier molecular flexibility index (Phi) is 4.59. The van der Waals surface area contributed by atoms with E-state index in [4.69, 9.17) is 9.94 Å². The first-order valence-corrected chi connectivity index (χ1v) is 5.11. The van der Waals surface area contributed by atoms with E-state index < -0.39 is 6.03 Å². The van der Waals surface area contributed by atoms with E-state index in [1.165, 1.54) is 14.2 Å². The molecule has 0 aliphatic carbocycles. The Morgan fingerprint density at radius 2 is 2.24 bits per heavy atom. The number of urea groups is 1. The molecule has 6 nitrogen and oxygen atoms in total. The largest absolute Gasteiger partial charge is 0.504 e. The summed E-state index contributed by atoms with van der Waals surface area (Å²) in [6, 6.07) is 4.47. The molecule has 0 atom stereocenters. The highest BCUT2D eigenvalue weighted by Gasteiger charge is 2.05. The van der Waals surface area contributed by atoms with Crippen LogP contribution < -0.4 is 10.1 Å². The number of hydrogen-bond donors (Lipinski definition) is 3. The van der Waals surface area contributed by atoms with E-state index in [0.717, 1.165) is 5.56 Å². The zero-order valence-corrected chi connectivity index (χ0v) is 9.80. The fourth-order valence-electron chi connectivity index (χ4n) is 1.32. The van der Waals surface area contributed by atoms with Crippen molar-refractivity contribution in [2.24, 2.45) is 0 Å². The predicted octanol–water partition coefficient (Wildman–Crippen LogP) is 0.974. The maximum atomic E-state index is 11.0. The molecular formula is C11H16N2O4. The van der Waals surface area contributed by atoms with Gasteiger partial charge in [-0.3, -0.25) is 5.21 Å². The maximum absolute atomic E-state index is 11.0. The molecule has 0 aliphatic heterocycles. The summed E-state index contributed by atoms with van der Waals surface area (Å²) in [5, 5.41) is 21.3. The number of amides is 2. The number of nitrogens with zero attached hydrogens (tertiary/aromatic N) is 1. The monoisotopic (exact) mass is 240 g/mol. The van der Waals surface area contributed by atoms with Gasteiger partial charge in [0.15, 0.2) is 11.5 Å². The molecule has 0 aliphatic rings. The van der Waals surface area contributed by atoms with Crippen molar-refractivity contribution in [2.45, 2.75) is 6.42 Å². The van der Waals surface area contributed by atoms with Gasteiger partial charge in [0, 0.05) is 13.6 Å². The van der Waals surface area contributed by atoms with Crippen molar-refractivity contribution in [2.75, 3.05) is 20.7 Å². The number of nitrogens with one attached hydrogen (secondary N) is 1. The average Bonchev–Trinajstić information content (AvgIpc) is 2.29. The van der Waals surface area contributed by atoms with Crippen LogP contribution in [0.15, 0.2) is 18.2 Å². The molecule has 0 saturated carbocycles. The molecular weight excluding hydrogens is 224 g/mol. The van der Waals surface area contributed by atoms with Crippen LogP contribution in [0.5, 0.6) is 11.5 Å². The highest BCUT2D eigenvalue weighted by atomic mass is 16.5. The van der Waals surface area contributed by atoms with Crippen molar-refractivity contribution in [3.63, 3.8) is 0 Å². The molecule has 1 aromatic rings. The SMILES string of the molecule is COc1ccc(CCNC(=O)N(C)O)cc1O. The topological polar surface area (TPSA) is 82.0 Å². The summed E-state index contributed by atoms with van der Waals surface area (Å²) in [6.07, 6.45) is 0.553. The Hall–Kier alpha value is -1.95. The van der Waals surface area contributed by atoms with Crippen LogP contribution in [0, 0.1) is 0 Å². The highest BCUT2D eigenvalue weighted by Crippen LogP contribution is 2.26. The first-order valence-electron chi connectivity index (χ1n) is 5.11. The first kappa shape index (κ1) is 13.1. The lowest BCUT2D eigenvalue weighted by Crippen LogP contribution is -2.36. The van der Waals surface area contributed by atoms with Gasteiger partial charge in [0.05, 0.1) is 7.11 Å². The van der Waals surface area contributed by atoms with Crippen molar-refractivity contribution in [1.29, 1.82) is 0 Å². The summed E-state index contributed by atoms with van der Waals surface area (Å²) in [4.78, 5) is 11.0.